The lowest BCUT2D eigenvalue weighted by atomic mass is 11.1. The summed E-state index contributed by atoms with van der Waals surface area (Å²) in [5.41, 5.74) is 17.4. The fraction of sp³-hybridized carbons (Fsp3) is 0. The van der Waals surface area contributed by atoms with E-state index in [1.165, 1.54) is 0 Å². The number of hydrogen-bond acceptors (Lipinski definition) is 3. The molecule has 0 aliphatic carbocycles. The Morgan fingerprint density at radius 1 is 1.09 bits per heavy atom. The highest BCUT2D eigenvalue weighted by Crippen LogP contribution is 1.25. The Morgan fingerprint density at radius 2 is 1.09 bits per heavy atom. The van der Waals surface area contributed by atoms with E-state index in [0.29, 0.717) is 0 Å². The molecule has 0 aromatic rings. The van der Waals surface area contributed by atoms with Gasteiger partial charge < -0.3 is 27.7 Å². The Morgan fingerprint density at radius 3 is 1.09 bits per heavy atom. The summed E-state index contributed by atoms with van der Waals surface area (Å²) in [4.78, 5) is 17.0. The molecule has 0 unspecified atom stereocenters. The molecule has 0 radical (unpaired) electrons. The highest BCUT2D eigenvalue weighted by Gasteiger charge is 1.60. The number of carbonyl (C=O) groups is 2. The average molecular weight is 186 g/mol. The van der Waals surface area contributed by atoms with Gasteiger partial charge in [0.25, 0.3) is 0 Å². The Kier molecular flexibility index (Phi) is 48.7. The summed E-state index contributed by atoms with van der Waals surface area (Å²) < 4.78 is 0. The van der Waals surface area contributed by atoms with E-state index < -0.39 is 6.03 Å². The van der Waals surface area contributed by atoms with Gasteiger partial charge in [-0.25, -0.2) is 4.79 Å². The van der Waals surface area contributed by atoms with Gasteiger partial charge in [-0.1, -0.05) is 0 Å². The fourth-order valence-electron chi connectivity index (χ4n) is 0. The van der Waals surface area contributed by atoms with Crippen LogP contribution in [-0.4, -0.2) is 18.8 Å². The molecule has 9 N–H and O–H groups in total. The predicted molar refractivity (Wildman–Crippen MR) is 44.2 cm³/mol. The molecule has 0 saturated heterocycles. The molecule has 8 heteroatoms. The average Bonchev–Trinajstić information content (AvgIpc) is 1.66. The lowest BCUT2D eigenvalue weighted by Crippen LogP contribution is -2.20. The van der Waals surface area contributed by atoms with Gasteiger partial charge in [-0.2, -0.15) is 0 Å². The zero-order chi connectivity index (χ0) is 9.15. The van der Waals surface area contributed by atoms with Crippen molar-refractivity contribution >= 4 is 31.2 Å². The summed E-state index contributed by atoms with van der Waals surface area (Å²) in [5.74, 6) is -0.333. The van der Waals surface area contributed by atoms with Crippen LogP contribution in [0.5, 0.6) is 0 Å². The quantitative estimate of drug-likeness (QED) is 0.220. The van der Waals surface area contributed by atoms with E-state index >= 15 is 0 Å². The molecule has 0 aromatic heterocycles. The Bertz CT molecular complexity index is 87.9. The normalized spacial score (nSPS) is 4.73. The van der Waals surface area contributed by atoms with Crippen molar-refractivity contribution < 1.29 is 9.59 Å². The monoisotopic (exact) mass is 185 g/mol. The van der Waals surface area contributed by atoms with Crippen LogP contribution in [0.15, 0.2) is 0 Å². The van der Waals surface area contributed by atoms with Crippen LogP contribution in [0.4, 0.5) is 4.79 Å². The van der Waals surface area contributed by atoms with Gasteiger partial charge in [0.1, 0.15) is 6.79 Å². The minimum Gasteiger partial charge on any atom is -0.370 e. The van der Waals surface area contributed by atoms with Crippen molar-refractivity contribution in [3.05, 3.63) is 0 Å². The van der Waals surface area contributed by atoms with Crippen LogP contribution in [0.3, 0.4) is 0 Å². The third-order valence-electron chi connectivity index (χ3n) is 0. The van der Waals surface area contributed by atoms with Crippen molar-refractivity contribution in [2.75, 3.05) is 0 Å². The van der Waals surface area contributed by atoms with Crippen LogP contribution < -0.4 is 22.9 Å². The highest BCUT2D eigenvalue weighted by atomic mass is 35.5. The van der Waals surface area contributed by atoms with Crippen LogP contribution >= 0.6 is 12.4 Å². The van der Waals surface area contributed by atoms with E-state index in [9.17, 15) is 0 Å². The van der Waals surface area contributed by atoms with Crippen molar-refractivity contribution in [1.29, 1.82) is 5.41 Å². The van der Waals surface area contributed by atoms with Crippen molar-refractivity contribution in [2.24, 2.45) is 22.9 Å². The largest absolute Gasteiger partial charge is 0.370 e. The maximum atomic E-state index is 9.00. The number of carbonyl (C=O) groups excluding carboxylic acids is 2. The summed E-state index contributed by atoms with van der Waals surface area (Å²) >= 11 is 0. The number of nitrogens with one attached hydrogen (secondary N) is 1. The number of rotatable bonds is 0. The van der Waals surface area contributed by atoms with E-state index in [2.05, 4.69) is 22.9 Å². The van der Waals surface area contributed by atoms with Crippen LogP contribution in [0, 0.1) is 5.41 Å². The summed E-state index contributed by atoms with van der Waals surface area (Å²) in [6.07, 6.45) is 0. The Balaban J connectivity index is -0.0000000339. The second-order valence-electron chi connectivity index (χ2n) is 0.858. The molecule has 0 heterocycles. The molecular formula is C3H12ClN5O2. The highest BCUT2D eigenvalue weighted by molar-refractivity contribution is 5.85. The summed E-state index contributed by atoms with van der Waals surface area (Å²) in [5, 5.41) is 6.06. The van der Waals surface area contributed by atoms with Gasteiger partial charge in [-0.3, -0.25) is 5.41 Å². The van der Waals surface area contributed by atoms with E-state index in [0.717, 1.165) is 0 Å². The van der Waals surface area contributed by atoms with Crippen LogP contribution in [0.1, 0.15) is 0 Å². The SMILES string of the molecule is C=O.Cl.N=C(N)N.NC(N)=O. The van der Waals surface area contributed by atoms with E-state index in [1.54, 1.807) is 0 Å². The second kappa shape index (κ2) is 23.6. The van der Waals surface area contributed by atoms with Gasteiger partial charge in [0.2, 0.25) is 0 Å². The first-order valence-corrected chi connectivity index (χ1v) is 1.90. The second-order valence-corrected chi connectivity index (χ2v) is 0.858. The van der Waals surface area contributed by atoms with Crippen LogP contribution in [0.25, 0.3) is 0 Å². The number of guanidine groups is 1. The van der Waals surface area contributed by atoms with E-state index in [-0.39, 0.29) is 18.4 Å². The number of halogens is 1. The van der Waals surface area contributed by atoms with E-state index in [1.807, 2.05) is 6.79 Å². The van der Waals surface area contributed by atoms with Gasteiger partial charge in [-0.05, 0) is 0 Å². The zero-order valence-corrected chi connectivity index (χ0v) is 6.56. The smallest absolute Gasteiger partial charge is 0.309 e. The third-order valence-corrected chi connectivity index (χ3v) is 0. The Labute approximate surface area is 70.0 Å². The molecule has 0 atom stereocenters. The first-order valence-electron chi connectivity index (χ1n) is 1.90. The molecule has 0 spiro atoms. The van der Waals surface area contributed by atoms with Gasteiger partial charge in [0, 0.05) is 0 Å². The maximum Gasteiger partial charge on any atom is 0.309 e. The van der Waals surface area contributed by atoms with Crippen LogP contribution in [-0.2, 0) is 4.79 Å². The van der Waals surface area contributed by atoms with Gasteiger partial charge in [0.05, 0.1) is 0 Å². The molecule has 0 aliphatic heterocycles. The molecular weight excluding hydrogens is 174 g/mol. The molecule has 2 amide bonds. The van der Waals surface area contributed by atoms with Crippen molar-refractivity contribution in [3.8, 4) is 0 Å². The predicted octanol–water partition coefficient (Wildman–Crippen LogP) is -1.90. The zero-order valence-electron chi connectivity index (χ0n) is 5.74. The van der Waals surface area contributed by atoms with E-state index in [4.69, 9.17) is 15.0 Å². The minimum atomic E-state index is -0.833. The third kappa shape index (κ3) is 160. The topological polar surface area (TPSA) is 162 Å². The first kappa shape index (κ1) is 22.7. The number of urea groups is 1. The molecule has 0 rings (SSSR count). The van der Waals surface area contributed by atoms with Crippen molar-refractivity contribution in [3.63, 3.8) is 0 Å². The molecule has 0 aliphatic rings. The summed E-state index contributed by atoms with van der Waals surface area (Å²) in [6, 6.07) is -0.833. The number of nitrogens with two attached hydrogens (primary N) is 4. The van der Waals surface area contributed by atoms with Crippen molar-refractivity contribution in [2.45, 2.75) is 0 Å². The molecule has 7 nitrogen and oxygen atoms in total. The van der Waals surface area contributed by atoms with Crippen LogP contribution in [0.2, 0.25) is 0 Å². The fourth-order valence-corrected chi connectivity index (χ4v) is 0. The standard InChI is InChI=1S/CH5N3.CH4N2O.CH2O.ClH/c2*2-1(3)4;1-2;/h(H5,2,3,4);(H4,2,3,4);1H2;1H. The molecule has 0 saturated carbocycles. The number of hydrogen-bond donors (Lipinski definition) is 5. The number of primary amides is 2. The molecule has 0 fully saturated rings. The summed E-state index contributed by atoms with van der Waals surface area (Å²) in [7, 11) is 0. The Hall–Kier alpha value is -1.50. The first-order chi connectivity index (χ1) is 4.46. The minimum absolute atomic E-state index is 0. The van der Waals surface area contributed by atoms with Gasteiger partial charge in [-0.15, -0.1) is 12.4 Å². The maximum absolute atomic E-state index is 9.00. The molecule has 68 valence electrons. The molecule has 11 heavy (non-hydrogen) atoms. The lowest BCUT2D eigenvalue weighted by molar-refractivity contribution is -0.0979. The molecule has 0 bridgehead atoms. The van der Waals surface area contributed by atoms with Crippen molar-refractivity contribution in [1.82, 2.24) is 0 Å². The van der Waals surface area contributed by atoms with Gasteiger partial charge in [0.15, 0.2) is 5.96 Å². The number of amides is 2. The summed E-state index contributed by atoms with van der Waals surface area (Å²) in [6.45, 7) is 2.00. The lowest BCUT2D eigenvalue weighted by Gasteiger charge is -1.69. The molecule has 0 aromatic carbocycles. The van der Waals surface area contributed by atoms with Gasteiger partial charge >= 0.3 is 6.03 Å².